The van der Waals surface area contributed by atoms with E-state index in [9.17, 15) is 22.6 Å². The molecule has 0 saturated carbocycles. The number of carbonyl (C=O) groups excluding carboxylic acids is 2. The van der Waals surface area contributed by atoms with Crippen molar-refractivity contribution >= 4 is 22.1 Å². The van der Waals surface area contributed by atoms with E-state index in [1.54, 1.807) is 12.2 Å². The Morgan fingerprint density at radius 2 is 1.22 bits per heavy atom. The normalized spacial score (nSPS) is 11.5. The number of ether oxygens (including phenoxy) is 2. The zero-order valence-corrected chi connectivity index (χ0v) is 25.5. The van der Waals surface area contributed by atoms with Crippen LogP contribution in [0.4, 0.5) is 0 Å². The maximum atomic E-state index is 12.7. The summed E-state index contributed by atoms with van der Waals surface area (Å²) < 4.78 is 45.3. The van der Waals surface area contributed by atoms with Crippen molar-refractivity contribution in [3.8, 4) is 0 Å². The largest absolute Gasteiger partial charge is 1.00 e. The predicted octanol–water partition coefficient (Wildman–Crippen LogP) is 4.44. The van der Waals surface area contributed by atoms with Crippen LogP contribution in [0.15, 0.2) is 47.8 Å². The van der Waals surface area contributed by atoms with Crippen LogP contribution in [0.3, 0.4) is 0 Å². The fourth-order valence-electron chi connectivity index (χ4n) is 3.68. The fraction of sp³-hybridized carbons (Fsp3) is 0.571. The summed E-state index contributed by atoms with van der Waals surface area (Å²) in [5.74, 6) is -2.05. The number of benzene rings is 1. The Balaban J connectivity index is 0.0000130. The van der Waals surface area contributed by atoms with E-state index in [0.717, 1.165) is 57.3 Å². The van der Waals surface area contributed by atoms with Gasteiger partial charge >= 0.3 is 41.5 Å². The molecule has 37 heavy (non-hydrogen) atoms. The first-order valence-corrected chi connectivity index (χ1v) is 14.5. The van der Waals surface area contributed by atoms with Crippen molar-refractivity contribution in [1.82, 2.24) is 0 Å². The summed E-state index contributed by atoms with van der Waals surface area (Å²) in [6, 6.07) is 3.42. The topological polar surface area (TPSA) is 110 Å². The van der Waals surface area contributed by atoms with Crippen molar-refractivity contribution in [1.29, 1.82) is 0 Å². The van der Waals surface area contributed by atoms with Crippen molar-refractivity contribution < 1.29 is 61.6 Å². The molecule has 1 aromatic carbocycles. The number of carbonyl (C=O) groups is 2. The molecule has 1 rings (SSSR count). The van der Waals surface area contributed by atoms with Gasteiger partial charge in [-0.2, -0.15) is 0 Å². The molecule has 0 fully saturated rings. The van der Waals surface area contributed by atoms with Crippen LogP contribution in [0.25, 0.3) is 0 Å². The minimum absolute atomic E-state index is 0. The quantitative estimate of drug-likeness (QED) is 0.0833. The van der Waals surface area contributed by atoms with Crippen molar-refractivity contribution in [3.05, 3.63) is 54.0 Å². The minimum atomic E-state index is -5.03. The second-order valence-corrected chi connectivity index (χ2v) is 10.1. The van der Waals surface area contributed by atoms with E-state index < -0.39 is 32.5 Å². The molecule has 202 valence electrons. The van der Waals surface area contributed by atoms with Crippen molar-refractivity contribution in [2.75, 3.05) is 0 Å². The summed E-state index contributed by atoms with van der Waals surface area (Å²) in [7, 11) is -5.03. The van der Waals surface area contributed by atoms with Crippen molar-refractivity contribution in [2.24, 2.45) is 0 Å². The van der Waals surface area contributed by atoms with Crippen LogP contribution in [-0.4, -0.2) is 24.9 Å². The minimum Gasteiger partial charge on any atom is -0.744 e. The average Bonchev–Trinajstić information content (AvgIpc) is 2.85. The zero-order chi connectivity index (χ0) is 26.7. The molecule has 0 atom stereocenters. The Bertz CT molecular complexity index is 955. The Kier molecular flexibility index (Phi) is 20.6. The van der Waals surface area contributed by atoms with E-state index in [-0.39, 0.29) is 35.1 Å². The van der Waals surface area contributed by atoms with Gasteiger partial charge in [0.05, 0.1) is 28.5 Å². The molecule has 0 aliphatic carbocycles. The van der Waals surface area contributed by atoms with Gasteiger partial charge < -0.3 is 14.0 Å². The van der Waals surface area contributed by atoms with Gasteiger partial charge in [-0.25, -0.2) is 18.0 Å². The summed E-state index contributed by atoms with van der Waals surface area (Å²) in [6.07, 6.45) is 20.8. The van der Waals surface area contributed by atoms with E-state index in [4.69, 9.17) is 9.47 Å². The van der Waals surface area contributed by atoms with Gasteiger partial charge in [0.1, 0.15) is 10.1 Å². The van der Waals surface area contributed by atoms with Gasteiger partial charge in [-0.3, -0.25) is 0 Å². The third-order valence-corrected chi connectivity index (χ3v) is 6.59. The van der Waals surface area contributed by atoms with E-state index in [1.165, 1.54) is 56.9 Å². The van der Waals surface area contributed by atoms with E-state index in [1.807, 2.05) is 0 Å². The van der Waals surface area contributed by atoms with Gasteiger partial charge in [-0.15, -0.1) is 0 Å². The first kappa shape index (κ1) is 35.5. The molecule has 0 radical (unpaired) electrons. The van der Waals surface area contributed by atoms with Crippen LogP contribution in [0, 0.1) is 0 Å². The Labute approximate surface area is 245 Å². The molecular weight excluding hydrogens is 503 g/mol. The smallest absolute Gasteiger partial charge is 0.744 e. The molecule has 7 nitrogen and oxygen atoms in total. The summed E-state index contributed by atoms with van der Waals surface area (Å²) in [4.78, 5) is 24.4. The molecule has 1 aromatic rings. The molecule has 0 N–H and O–H groups in total. The molecule has 0 aliphatic heterocycles. The first-order valence-electron chi connectivity index (χ1n) is 13.1. The predicted molar refractivity (Wildman–Crippen MR) is 140 cm³/mol. The summed E-state index contributed by atoms with van der Waals surface area (Å²) in [6.45, 7) is 4.32. The monoisotopic (exact) mass is 544 g/mol. The number of hydrogen-bond donors (Lipinski definition) is 0. The maximum absolute atomic E-state index is 12.7. The maximum Gasteiger partial charge on any atom is 1.00 e. The molecule has 0 bridgehead atoms. The Morgan fingerprint density at radius 3 is 1.70 bits per heavy atom. The van der Waals surface area contributed by atoms with E-state index in [2.05, 4.69) is 13.8 Å². The van der Waals surface area contributed by atoms with Gasteiger partial charge in [0.25, 0.3) is 0 Å². The van der Waals surface area contributed by atoms with Crippen LogP contribution >= 0.6 is 0 Å². The molecule has 0 aliphatic rings. The molecule has 0 spiro atoms. The standard InChI is InChI=1S/C28H42O7S.Na/c1-3-5-7-9-11-13-15-17-22-34-27(29)24-20-19-21-25(36(31,32)33)26(24)28(30)35-23-18-16-14-12-10-8-6-4-2;/h17-23H,3-16H2,1-2H3,(H,31,32,33);/q;+1/p-1/b22-17+,23-18+;. The van der Waals surface area contributed by atoms with Gasteiger partial charge in [-0.05, 0) is 50.0 Å². The number of hydrogen-bond acceptors (Lipinski definition) is 7. The van der Waals surface area contributed by atoms with E-state index in [0.29, 0.717) is 6.42 Å². The van der Waals surface area contributed by atoms with Gasteiger partial charge in [-0.1, -0.05) is 84.1 Å². The second-order valence-electron chi connectivity index (χ2n) is 8.80. The summed E-state index contributed by atoms with van der Waals surface area (Å²) in [5.41, 5.74) is -0.962. The van der Waals surface area contributed by atoms with Gasteiger partial charge in [0.2, 0.25) is 0 Å². The Morgan fingerprint density at radius 1 is 0.757 bits per heavy atom. The molecule has 0 unspecified atom stereocenters. The van der Waals surface area contributed by atoms with E-state index >= 15 is 0 Å². The van der Waals surface area contributed by atoms with Crippen LogP contribution in [0.2, 0.25) is 0 Å². The number of rotatable bonds is 19. The SMILES string of the molecule is CCCCCCCC/C=C/OC(=O)c1cccc(S(=O)(=O)[O-])c1C(=O)O/C=C/CCCCCCCC.[Na+]. The van der Waals surface area contributed by atoms with Crippen LogP contribution in [0.5, 0.6) is 0 Å². The van der Waals surface area contributed by atoms with Crippen LogP contribution < -0.4 is 29.6 Å². The van der Waals surface area contributed by atoms with Crippen molar-refractivity contribution in [3.63, 3.8) is 0 Å². The molecule has 9 heteroatoms. The third kappa shape index (κ3) is 15.5. The van der Waals surface area contributed by atoms with Crippen LogP contribution in [-0.2, 0) is 19.6 Å². The molecule has 0 saturated heterocycles. The first-order chi connectivity index (χ1) is 17.3. The summed E-state index contributed by atoms with van der Waals surface area (Å²) in [5, 5.41) is 0. The third-order valence-electron chi connectivity index (χ3n) is 5.71. The van der Waals surface area contributed by atoms with Crippen molar-refractivity contribution in [2.45, 2.75) is 109 Å². The molecule has 0 aromatic heterocycles. The zero-order valence-electron chi connectivity index (χ0n) is 22.7. The second kappa shape index (κ2) is 21.5. The fourth-order valence-corrected chi connectivity index (χ4v) is 4.37. The number of esters is 2. The van der Waals surface area contributed by atoms with Crippen LogP contribution in [0.1, 0.15) is 124 Å². The molecule has 0 heterocycles. The Hall–Kier alpha value is -1.45. The molecule has 0 amide bonds. The van der Waals surface area contributed by atoms with Gasteiger partial charge in [0, 0.05) is 0 Å². The number of unbranched alkanes of at least 4 members (excludes halogenated alkanes) is 12. The summed E-state index contributed by atoms with van der Waals surface area (Å²) >= 11 is 0. The average molecular weight is 545 g/mol. The van der Waals surface area contributed by atoms with Gasteiger partial charge in [0.15, 0.2) is 0 Å². The number of allylic oxidation sites excluding steroid dienone is 2. The molecular formula is C28H41NaO7S.